The van der Waals surface area contributed by atoms with Gasteiger partial charge < -0.3 is 10.4 Å². The number of aliphatic carboxylic acids is 1. The Morgan fingerprint density at radius 2 is 1.84 bits per heavy atom. The molecule has 1 amide bonds. The van der Waals surface area contributed by atoms with E-state index in [0.717, 1.165) is 17.5 Å². The van der Waals surface area contributed by atoms with Crippen LogP contribution >= 0.6 is 0 Å². The predicted octanol–water partition coefficient (Wildman–Crippen LogP) is 2.68. The molecule has 0 aliphatic heterocycles. The van der Waals surface area contributed by atoms with Gasteiger partial charge in [0.1, 0.15) is 0 Å². The number of amides is 1. The smallest absolute Gasteiger partial charge is 0.305 e. The minimum atomic E-state index is -0.889. The Kier molecular flexibility index (Phi) is 5.55. The van der Waals surface area contributed by atoms with Crippen LogP contribution in [0, 0.1) is 13.8 Å². The summed E-state index contributed by atoms with van der Waals surface area (Å²) >= 11 is 0. The molecular weight excluding hydrogens is 242 g/mol. The fourth-order valence-electron chi connectivity index (χ4n) is 2.21. The summed E-state index contributed by atoms with van der Waals surface area (Å²) in [4.78, 5) is 23.0. The minimum Gasteiger partial charge on any atom is -0.481 e. The van der Waals surface area contributed by atoms with Gasteiger partial charge >= 0.3 is 5.97 Å². The van der Waals surface area contributed by atoms with E-state index in [0.29, 0.717) is 12.0 Å². The third-order valence-electron chi connectivity index (χ3n) is 3.10. The summed E-state index contributed by atoms with van der Waals surface area (Å²) in [6.07, 6.45) is 1.47. The first-order chi connectivity index (χ1) is 8.95. The molecule has 0 aliphatic carbocycles. The van der Waals surface area contributed by atoms with E-state index in [9.17, 15) is 9.59 Å². The summed E-state index contributed by atoms with van der Waals surface area (Å²) in [7, 11) is 0. The highest BCUT2D eigenvalue weighted by Crippen LogP contribution is 2.14. The summed E-state index contributed by atoms with van der Waals surface area (Å²) in [6.45, 7) is 5.74. The van der Waals surface area contributed by atoms with E-state index in [4.69, 9.17) is 5.11 Å². The normalized spacial score (nSPS) is 11.9. The van der Waals surface area contributed by atoms with Gasteiger partial charge in [-0.15, -0.1) is 0 Å². The van der Waals surface area contributed by atoms with Crippen LogP contribution in [-0.2, 0) is 4.79 Å². The Morgan fingerprint density at radius 1 is 1.26 bits per heavy atom. The van der Waals surface area contributed by atoms with Gasteiger partial charge in [0.25, 0.3) is 5.91 Å². The molecule has 19 heavy (non-hydrogen) atoms. The van der Waals surface area contributed by atoms with Crippen molar-refractivity contribution in [2.75, 3.05) is 0 Å². The van der Waals surface area contributed by atoms with E-state index in [-0.39, 0.29) is 18.4 Å². The molecule has 1 atom stereocenters. The highest BCUT2D eigenvalue weighted by Gasteiger charge is 2.18. The van der Waals surface area contributed by atoms with Crippen LogP contribution in [0.3, 0.4) is 0 Å². The van der Waals surface area contributed by atoms with Crippen molar-refractivity contribution < 1.29 is 14.7 Å². The fraction of sp³-hybridized carbons (Fsp3) is 0.467. The average molecular weight is 263 g/mol. The number of benzene rings is 1. The molecule has 0 bridgehead atoms. The van der Waals surface area contributed by atoms with Gasteiger partial charge in [-0.25, -0.2) is 0 Å². The minimum absolute atomic E-state index is 0.0372. The molecular formula is C15H21NO3. The Morgan fingerprint density at radius 3 is 2.32 bits per heavy atom. The van der Waals surface area contributed by atoms with E-state index in [2.05, 4.69) is 5.32 Å². The second-order valence-electron chi connectivity index (χ2n) is 4.82. The zero-order valence-corrected chi connectivity index (χ0v) is 11.7. The Bertz CT molecular complexity index is 448. The summed E-state index contributed by atoms with van der Waals surface area (Å²) < 4.78 is 0. The maximum atomic E-state index is 12.2. The second-order valence-corrected chi connectivity index (χ2v) is 4.82. The topological polar surface area (TPSA) is 66.4 Å². The van der Waals surface area contributed by atoms with Gasteiger partial charge in [0.15, 0.2) is 0 Å². The summed E-state index contributed by atoms with van der Waals surface area (Å²) in [5.41, 5.74) is 2.46. The van der Waals surface area contributed by atoms with Gasteiger partial charge in [0.05, 0.1) is 6.42 Å². The Balaban J connectivity index is 2.84. The number of rotatable bonds is 6. The zero-order valence-electron chi connectivity index (χ0n) is 11.7. The van der Waals surface area contributed by atoms with Gasteiger partial charge in [-0.3, -0.25) is 9.59 Å². The molecule has 0 heterocycles. The van der Waals surface area contributed by atoms with Crippen molar-refractivity contribution in [3.8, 4) is 0 Å². The fourth-order valence-corrected chi connectivity index (χ4v) is 2.21. The lowest BCUT2D eigenvalue weighted by atomic mass is 10.0. The van der Waals surface area contributed by atoms with Crippen molar-refractivity contribution in [1.82, 2.24) is 5.32 Å². The number of nitrogens with one attached hydrogen (secondary N) is 1. The van der Waals surface area contributed by atoms with E-state index < -0.39 is 5.97 Å². The molecule has 0 fully saturated rings. The van der Waals surface area contributed by atoms with Crippen LogP contribution in [-0.4, -0.2) is 23.0 Å². The van der Waals surface area contributed by atoms with Gasteiger partial charge in [0.2, 0.25) is 0 Å². The Hall–Kier alpha value is -1.84. The molecule has 1 unspecified atom stereocenters. The van der Waals surface area contributed by atoms with Crippen LogP contribution in [0.25, 0.3) is 0 Å². The number of aryl methyl sites for hydroxylation is 2. The molecule has 1 rings (SSSR count). The zero-order chi connectivity index (χ0) is 14.4. The molecule has 4 heteroatoms. The van der Waals surface area contributed by atoms with Crippen molar-refractivity contribution >= 4 is 11.9 Å². The first-order valence-electron chi connectivity index (χ1n) is 6.54. The summed E-state index contributed by atoms with van der Waals surface area (Å²) in [5.74, 6) is -1.07. The lowest BCUT2D eigenvalue weighted by Gasteiger charge is -2.18. The molecule has 104 valence electrons. The maximum absolute atomic E-state index is 12.2. The van der Waals surface area contributed by atoms with E-state index in [1.165, 1.54) is 0 Å². The van der Waals surface area contributed by atoms with Gasteiger partial charge in [-0.05, 0) is 31.4 Å². The van der Waals surface area contributed by atoms with Crippen molar-refractivity contribution in [1.29, 1.82) is 0 Å². The second kappa shape index (κ2) is 6.92. The predicted molar refractivity (Wildman–Crippen MR) is 74.3 cm³/mol. The monoisotopic (exact) mass is 263 g/mol. The highest BCUT2D eigenvalue weighted by atomic mass is 16.4. The number of hydrogen-bond donors (Lipinski definition) is 2. The highest BCUT2D eigenvalue weighted by molar-refractivity contribution is 5.97. The largest absolute Gasteiger partial charge is 0.481 e. The SMILES string of the molecule is CCCC(CC(=O)O)NC(=O)c1c(C)cccc1C. The van der Waals surface area contributed by atoms with Gasteiger partial charge in [-0.1, -0.05) is 31.5 Å². The molecule has 2 N–H and O–H groups in total. The number of carboxylic acids is 1. The van der Waals surface area contributed by atoms with Crippen LogP contribution in [0.5, 0.6) is 0 Å². The molecule has 0 saturated carbocycles. The molecule has 0 aliphatic rings. The lowest BCUT2D eigenvalue weighted by Crippen LogP contribution is -2.37. The number of carbonyl (C=O) groups is 2. The summed E-state index contributed by atoms with van der Waals surface area (Å²) in [6, 6.07) is 5.36. The van der Waals surface area contributed by atoms with E-state index in [1.54, 1.807) is 0 Å². The van der Waals surface area contributed by atoms with Crippen molar-refractivity contribution in [2.24, 2.45) is 0 Å². The van der Waals surface area contributed by atoms with Gasteiger partial charge in [-0.2, -0.15) is 0 Å². The van der Waals surface area contributed by atoms with Gasteiger partial charge in [0, 0.05) is 11.6 Å². The molecule has 0 spiro atoms. The number of carboxylic acid groups (broad SMARTS) is 1. The first kappa shape index (κ1) is 15.2. The number of hydrogen-bond acceptors (Lipinski definition) is 2. The van der Waals surface area contributed by atoms with Crippen molar-refractivity contribution in [2.45, 2.75) is 46.1 Å². The molecule has 4 nitrogen and oxygen atoms in total. The van der Waals surface area contributed by atoms with Crippen LogP contribution in [0.15, 0.2) is 18.2 Å². The molecule has 0 saturated heterocycles. The van der Waals surface area contributed by atoms with E-state index >= 15 is 0 Å². The maximum Gasteiger partial charge on any atom is 0.305 e. The molecule has 1 aromatic carbocycles. The first-order valence-corrected chi connectivity index (χ1v) is 6.54. The standard InChI is InChI=1S/C15H21NO3/c1-4-6-12(9-13(17)18)16-15(19)14-10(2)7-5-8-11(14)3/h5,7-8,12H,4,6,9H2,1-3H3,(H,16,19)(H,17,18). The third kappa shape index (κ3) is 4.39. The quantitative estimate of drug-likeness (QED) is 0.829. The molecule has 1 aromatic rings. The summed E-state index contributed by atoms with van der Waals surface area (Å²) in [5, 5.41) is 11.7. The van der Waals surface area contributed by atoms with E-state index in [1.807, 2.05) is 39.0 Å². The molecule has 0 radical (unpaired) electrons. The average Bonchev–Trinajstić information content (AvgIpc) is 2.27. The Labute approximate surface area is 113 Å². The number of carbonyl (C=O) groups excluding carboxylic acids is 1. The van der Waals surface area contributed by atoms with Crippen LogP contribution in [0.1, 0.15) is 47.7 Å². The van der Waals surface area contributed by atoms with Crippen LogP contribution in [0.4, 0.5) is 0 Å². The van der Waals surface area contributed by atoms with Crippen LogP contribution in [0.2, 0.25) is 0 Å². The lowest BCUT2D eigenvalue weighted by molar-refractivity contribution is -0.137. The van der Waals surface area contributed by atoms with Crippen molar-refractivity contribution in [3.63, 3.8) is 0 Å². The van der Waals surface area contributed by atoms with Crippen LogP contribution < -0.4 is 5.32 Å². The van der Waals surface area contributed by atoms with Crippen molar-refractivity contribution in [3.05, 3.63) is 34.9 Å². The third-order valence-corrected chi connectivity index (χ3v) is 3.10. The molecule has 0 aromatic heterocycles.